The summed E-state index contributed by atoms with van der Waals surface area (Å²) in [5, 5.41) is 12.2. The lowest BCUT2D eigenvalue weighted by Gasteiger charge is -2.33. The minimum Gasteiger partial charge on any atom is -0.497 e. The number of hydrogen-bond donors (Lipinski definition) is 1. The molecule has 32 heavy (non-hydrogen) atoms. The second-order valence-electron chi connectivity index (χ2n) is 7.26. The van der Waals surface area contributed by atoms with Gasteiger partial charge in [-0.05, 0) is 36.2 Å². The van der Waals surface area contributed by atoms with E-state index in [0.29, 0.717) is 26.1 Å². The van der Waals surface area contributed by atoms with Crippen molar-refractivity contribution in [2.24, 2.45) is 0 Å². The van der Waals surface area contributed by atoms with Crippen LogP contribution in [0.1, 0.15) is 5.56 Å². The molecule has 1 heterocycles. The Hall–Kier alpha value is -3.35. The zero-order chi connectivity index (χ0) is 23.0. The fraction of sp³-hybridized carbons (Fsp3) is 0.304. The van der Waals surface area contributed by atoms with Gasteiger partial charge < -0.3 is 15.0 Å². The summed E-state index contributed by atoms with van der Waals surface area (Å²) in [4.78, 5) is 14.5. The molecule has 1 fully saturated rings. The number of nitrogens with zero attached hydrogens (tertiary/aromatic N) is 3. The number of rotatable bonds is 8. The van der Waals surface area contributed by atoms with Gasteiger partial charge in [-0.2, -0.15) is 9.57 Å². The lowest BCUT2D eigenvalue weighted by Crippen LogP contribution is -2.47. The first kappa shape index (κ1) is 23.3. The molecule has 0 spiro atoms. The van der Waals surface area contributed by atoms with E-state index < -0.39 is 15.9 Å². The molecular weight excluding hydrogens is 428 g/mol. The van der Waals surface area contributed by atoms with Gasteiger partial charge in [-0.3, -0.25) is 4.79 Å². The molecule has 0 unspecified atom stereocenters. The number of carbonyl (C=O) groups is 1. The molecule has 168 valence electrons. The van der Waals surface area contributed by atoms with E-state index in [1.807, 2.05) is 30.3 Å². The summed E-state index contributed by atoms with van der Waals surface area (Å²) in [6, 6.07) is 17.8. The highest BCUT2D eigenvalue weighted by atomic mass is 32.2. The number of piperazine rings is 1. The number of amides is 1. The van der Waals surface area contributed by atoms with E-state index >= 15 is 0 Å². The Morgan fingerprint density at radius 3 is 2.34 bits per heavy atom. The molecule has 2 aromatic rings. The number of nitriles is 1. The minimum absolute atomic E-state index is 0.000836. The summed E-state index contributed by atoms with van der Waals surface area (Å²) in [6.45, 7) is 1.76. The predicted octanol–water partition coefficient (Wildman–Crippen LogP) is 1.77. The smallest absolute Gasteiger partial charge is 0.263 e. The number of hydrogen-bond acceptors (Lipinski definition) is 6. The lowest BCUT2D eigenvalue weighted by molar-refractivity contribution is -0.117. The van der Waals surface area contributed by atoms with Crippen molar-refractivity contribution in [2.45, 2.75) is 11.3 Å². The lowest BCUT2D eigenvalue weighted by atomic mass is 10.1. The molecule has 0 atom stereocenters. The van der Waals surface area contributed by atoms with E-state index in [4.69, 9.17) is 4.74 Å². The quantitative estimate of drug-likeness (QED) is 0.482. The molecular formula is C23H26N4O4S. The molecule has 3 rings (SSSR count). The molecule has 1 saturated heterocycles. The first-order valence-corrected chi connectivity index (χ1v) is 11.7. The molecule has 2 aromatic carbocycles. The molecule has 8 nitrogen and oxygen atoms in total. The van der Waals surface area contributed by atoms with Crippen LogP contribution in [-0.4, -0.2) is 63.4 Å². The minimum atomic E-state index is -3.54. The number of methoxy groups -OCH3 is 1. The van der Waals surface area contributed by atoms with Crippen molar-refractivity contribution in [3.05, 3.63) is 71.9 Å². The summed E-state index contributed by atoms with van der Waals surface area (Å²) in [5.74, 6) is 0.324. The SMILES string of the molecule is COc1ccc(CCNC(=O)/C(C#N)=C\N2CCN(S(=O)(=O)c3ccccc3)CC2)cc1. The van der Waals surface area contributed by atoms with E-state index in [1.54, 1.807) is 42.3 Å². The van der Waals surface area contributed by atoms with E-state index in [1.165, 1.54) is 10.5 Å². The highest BCUT2D eigenvalue weighted by Crippen LogP contribution is 2.17. The molecule has 1 N–H and O–H groups in total. The van der Waals surface area contributed by atoms with Crippen LogP contribution in [-0.2, 0) is 21.2 Å². The highest BCUT2D eigenvalue weighted by Gasteiger charge is 2.27. The van der Waals surface area contributed by atoms with Gasteiger partial charge in [-0.1, -0.05) is 30.3 Å². The van der Waals surface area contributed by atoms with Gasteiger partial charge in [0.1, 0.15) is 17.4 Å². The molecule has 1 amide bonds. The van der Waals surface area contributed by atoms with Gasteiger partial charge >= 0.3 is 0 Å². The third-order valence-electron chi connectivity index (χ3n) is 5.19. The number of ether oxygens (including phenoxy) is 1. The van der Waals surface area contributed by atoms with Crippen molar-refractivity contribution in [3.8, 4) is 11.8 Å². The molecule has 0 radical (unpaired) electrons. The Labute approximate surface area is 188 Å². The largest absolute Gasteiger partial charge is 0.497 e. The number of sulfonamides is 1. The zero-order valence-electron chi connectivity index (χ0n) is 17.9. The van der Waals surface area contributed by atoms with Crippen molar-refractivity contribution >= 4 is 15.9 Å². The number of benzene rings is 2. The van der Waals surface area contributed by atoms with Gasteiger partial charge in [0.25, 0.3) is 5.91 Å². The van der Waals surface area contributed by atoms with Gasteiger partial charge in [0.15, 0.2) is 0 Å². The molecule has 0 aromatic heterocycles. The Bertz CT molecular complexity index is 1090. The third kappa shape index (κ3) is 5.87. The highest BCUT2D eigenvalue weighted by molar-refractivity contribution is 7.89. The van der Waals surface area contributed by atoms with E-state index in [9.17, 15) is 18.5 Å². The molecule has 0 aliphatic carbocycles. The Morgan fingerprint density at radius 1 is 1.09 bits per heavy atom. The summed E-state index contributed by atoms with van der Waals surface area (Å²) in [6.07, 6.45) is 2.14. The van der Waals surface area contributed by atoms with Crippen LogP contribution in [0.2, 0.25) is 0 Å². The van der Waals surface area contributed by atoms with Crippen molar-refractivity contribution in [2.75, 3.05) is 39.8 Å². The van der Waals surface area contributed by atoms with Gasteiger partial charge in [0, 0.05) is 38.9 Å². The Balaban J connectivity index is 1.51. The number of nitrogens with one attached hydrogen (secondary N) is 1. The van der Waals surface area contributed by atoms with E-state index in [-0.39, 0.29) is 23.6 Å². The summed E-state index contributed by atoms with van der Waals surface area (Å²) < 4.78 is 32.0. The first-order chi connectivity index (χ1) is 15.4. The average Bonchev–Trinajstić information content (AvgIpc) is 2.83. The van der Waals surface area contributed by atoms with Crippen molar-refractivity contribution in [1.29, 1.82) is 5.26 Å². The van der Waals surface area contributed by atoms with E-state index in [2.05, 4.69) is 5.32 Å². The average molecular weight is 455 g/mol. The van der Waals surface area contributed by atoms with Crippen LogP contribution in [0.5, 0.6) is 5.75 Å². The van der Waals surface area contributed by atoms with Gasteiger partial charge in [0.2, 0.25) is 10.0 Å². The number of carbonyl (C=O) groups excluding carboxylic acids is 1. The maximum atomic E-state index is 12.7. The van der Waals surface area contributed by atoms with Crippen LogP contribution in [0.3, 0.4) is 0 Å². The zero-order valence-corrected chi connectivity index (χ0v) is 18.7. The molecule has 1 aliphatic rings. The van der Waals surface area contributed by atoms with Crippen LogP contribution in [0.15, 0.2) is 71.3 Å². The molecule has 0 bridgehead atoms. The van der Waals surface area contributed by atoms with Gasteiger partial charge in [-0.15, -0.1) is 0 Å². The molecule has 0 saturated carbocycles. The van der Waals surface area contributed by atoms with Gasteiger partial charge in [0.05, 0.1) is 12.0 Å². The normalized spacial score (nSPS) is 15.1. The van der Waals surface area contributed by atoms with Crippen LogP contribution < -0.4 is 10.1 Å². The summed E-state index contributed by atoms with van der Waals surface area (Å²) >= 11 is 0. The second-order valence-corrected chi connectivity index (χ2v) is 9.20. The molecule has 9 heteroatoms. The van der Waals surface area contributed by atoms with Crippen LogP contribution >= 0.6 is 0 Å². The van der Waals surface area contributed by atoms with Crippen molar-refractivity contribution in [3.63, 3.8) is 0 Å². The molecule has 1 aliphatic heterocycles. The third-order valence-corrected chi connectivity index (χ3v) is 7.10. The maximum absolute atomic E-state index is 12.7. The van der Waals surface area contributed by atoms with E-state index in [0.717, 1.165) is 11.3 Å². The first-order valence-electron chi connectivity index (χ1n) is 10.3. The summed E-state index contributed by atoms with van der Waals surface area (Å²) in [5.41, 5.74) is 1.04. The van der Waals surface area contributed by atoms with Crippen molar-refractivity contribution < 1.29 is 17.9 Å². The van der Waals surface area contributed by atoms with Crippen molar-refractivity contribution in [1.82, 2.24) is 14.5 Å². The monoisotopic (exact) mass is 454 g/mol. The maximum Gasteiger partial charge on any atom is 0.263 e. The van der Waals surface area contributed by atoms with Crippen LogP contribution in [0, 0.1) is 11.3 Å². The van der Waals surface area contributed by atoms with Crippen LogP contribution in [0.25, 0.3) is 0 Å². The predicted molar refractivity (Wildman–Crippen MR) is 120 cm³/mol. The second kappa shape index (κ2) is 10.8. The van der Waals surface area contributed by atoms with Crippen LogP contribution in [0.4, 0.5) is 0 Å². The Morgan fingerprint density at radius 2 is 1.75 bits per heavy atom. The fourth-order valence-corrected chi connectivity index (χ4v) is 4.79. The van der Waals surface area contributed by atoms with Gasteiger partial charge in [-0.25, -0.2) is 8.42 Å². The topological polar surface area (TPSA) is 103 Å². The standard InChI is InChI=1S/C23H26N4O4S/c1-31-21-9-7-19(8-10-21)11-12-25-23(28)20(17-24)18-26-13-15-27(16-14-26)32(29,30)22-5-3-2-4-6-22/h2-10,18H,11-16H2,1H3,(H,25,28)/b20-18-. The Kier molecular flexibility index (Phi) is 7.87. The summed E-state index contributed by atoms with van der Waals surface area (Å²) in [7, 11) is -1.94. The fourth-order valence-electron chi connectivity index (χ4n) is 3.34.